The number of aromatic nitrogens is 1. The molecule has 5 nitrogen and oxygen atoms in total. The number of hydrogen-bond donors (Lipinski definition) is 1. The molecule has 0 bridgehead atoms. The van der Waals surface area contributed by atoms with Crippen LogP contribution in [0, 0.1) is 0 Å². The zero-order chi connectivity index (χ0) is 14.4. The van der Waals surface area contributed by atoms with Gasteiger partial charge in [0.15, 0.2) is 10.8 Å². The molecule has 0 unspecified atom stereocenters. The summed E-state index contributed by atoms with van der Waals surface area (Å²) in [6.45, 7) is 2.62. The van der Waals surface area contributed by atoms with Crippen LogP contribution in [0.4, 0.5) is 10.8 Å². The first-order valence-corrected chi connectivity index (χ1v) is 7.09. The van der Waals surface area contributed by atoms with Crippen LogP contribution >= 0.6 is 11.3 Å². The van der Waals surface area contributed by atoms with E-state index in [2.05, 4.69) is 10.3 Å². The molecule has 2 aromatic rings. The third-order valence-corrected chi connectivity index (χ3v) is 3.31. The molecule has 1 N–H and O–H groups in total. The first kappa shape index (κ1) is 14.5. The van der Waals surface area contributed by atoms with Crippen molar-refractivity contribution in [3.63, 3.8) is 0 Å². The van der Waals surface area contributed by atoms with Gasteiger partial charge in [0.05, 0.1) is 13.2 Å². The van der Waals surface area contributed by atoms with Crippen molar-refractivity contribution in [2.45, 2.75) is 13.5 Å². The minimum atomic E-state index is -0.401. The van der Waals surface area contributed by atoms with Crippen LogP contribution in [-0.2, 0) is 16.1 Å². The number of benzene rings is 1. The number of rotatable bonds is 6. The third kappa shape index (κ3) is 3.55. The normalized spacial score (nSPS) is 10.3. The highest BCUT2D eigenvalue weighted by Crippen LogP contribution is 2.24. The van der Waals surface area contributed by atoms with Gasteiger partial charge >= 0.3 is 5.97 Å². The van der Waals surface area contributed by atoms with Crippen LogP contribution in [0.1, 0.15) is 23.0 Å². The van der Waals surface area contributed by atoms with Crippen molar-refractivity contribution in [3.8, 4) is 0 Å². The van der Waals surface area contributed by atoms with E-state index >= 15 is 0 Å². The highest BCUT2D eigenvalue weighted by molar-refractivity contribution is 7.14. The van der Waals surface area contributed by atoms with E-state index in [4.69, 9.17) is 9.47 Å². The number of anilines is 2. The van der Waals surface area contributed by atoms with E-state index in [1.54, 1.807) is 19.4 Å². The SMILES string of the molecule is CCOC(=O)c1csc(Nc2ccccc2COC)n1. The van der Waals surface area contributed by atoms with Crippen LogP contribution in [0.15, 0.2) is 29.6 Å². The van der Waals surface area contributed by atoms with Crippen molar-refractivity contribution >= 4 is 28.1 Å². The van der Waals surface area contributed by atoms with Crippen molar-refractivity contribution in [2.24, 2.45) is 0 Å². The second-order valence-electron chi connectivity index (χ2n) is 3.97. The summed E-state index contributed by atoms with van der Waals surface area (Å²) in [5.41, 5.74) is 2.27. The minimum absolute atomic E-state index is 0.323. The molecule has 20 heavy (non-hydrogen) atoms. The summed E-state index contributed by atoms with van der Waals surface area (Å²) < 4.78 is 10.1. The first-order valence-electron chi connectivity index (χ1n) is 6.21. The number of para-hydroxylation sites is 1. The zero-order valence-corrected chi connectivity index (χ0v) is 12.2. The molecule has 6 heteroatoms. The molecule has 106 valence electrons. The van der Waals surface area contributed by atoms with Gasteiger partial charge in [-0.25, -0.2) is 9.78 Å². The van der Waals surface area contributed by atoms with Crippen molar-refractivity contribution in [1.82, 2.24) is 4.98 Å². The average molecular weight is 292 g/mol. The predicted octanol–water partition coefficient (Wildman–Crippen LogP) is 3.21. The van der Waals surface area contributed by atoms with Gasteiger partial charge in [0, 0.05) is 23.7 Å². The number of ether oxygens (including phenoxy) is 2. The Kier molecular flexibility index (Phi) is 5.09. The van der Waals surface area contributed by atoms with Crippen LogP contribution in [0.25, 0.3) is 0 Å². The highest BCUT2D eigenvalue weighted by atomic mass is 32.1. The fourth-order valence-electron chi connectivity index (χ4n) is 1.67. The topological polar surface area (TPSA) is 60.5 Å². The van der Waals surface area contributed by atoms with Gasteiger partial charge in [-0.1, -0.05) is 18.2 Å². The summed E-state index contributed by atoms with van der Waals surface area (Å²) >= 11 is 1.36. The Morgan fingerprint density at radius 2 is 2.20 bits per heavy atom. The monoisotopic (exact) mass is 292 g/mol. The first-order chi connectivity index (χ1) is 9.74. The van der Waals surface area contributed by atoms with Crippen molar-refractivity contribution in [1.29, 1.82) is 0 Å². The fourth-order valence-corrected chi connectivity index (χ4v) is 2.36. The standard InChI is InChI=1S/C14H16N2O3S/c1-3-19-13(17)12-9-20-14(16-12)15-11-7-5-4-6-10(11)8-18-2/h4-7,9H,3,8H2,1-2H3,(H,15,16). The van der Waals surface area contributed by atoms with E-state index in [0.717, 1.165) is 11.3 Å². The number of carbonyl (C=O) groups is 1. The molecular weight excluding hydrogens is 276 g/mol. The Morgan fingerprint density at radius 3 is 2.95 bits per heavy atom. The van der Waals surface area contributed by atoms with E-state index in [0.29, 0.717) is 24.0 Å². The summed E-state index contributed by atoms with van der Waals surface area (Å²) in [6.07, 6.45) is 0. The largest absolute Gasteiger partial charge is 0.461 e. The Labute approximate surface area is 121 Å². The van der Waals surface area contributed by atoms with Gasteiger partial charge in [0.2, 0.25) is 0 Å². The Balaban J connectivity index is 2.12. The number of nitrogens with one attached hydrogen (secondary N) is 1. The molecule has 1 heterocycles. The van der Waals surface area contributed by atoms with Crippen LogP contribution < -0.4 is 5.32 Å². The third-order valence-electron chi connectivity index (χ3n) is 2.55. The van der Waals surface area contributed by atoms with E-state index in [1.807, 2.05) is 24.3 Å². The summed E-state index contributed by atoms with van der Waals surface area (Å²) in [6, 6.07) is 7.80. The molecule has 0 saturated carbocycles. The minimum Gasteiger partial charge on any atom is -0.461 e. The molecular formula is C14H16N2O3S. The average Bonchev–Trinajstić information content (AvgIpc) is 2.90. The van der Waals surface area contributed by atoms with Crippen LogP contribution in [0.3, 0.4) is 0 Å². The second-order valence-corrected chi connectivity index (χ2v) is 4.83. The van der Waals surface area contributed by atoms with Gasteiger partial charge < -0.3 is 14.8 Å². The molecule has 0 atom stereocenters. The van der Waals surface area contributed by atoms with Crippen molar-refractivity contribution in [2.75, 3.05) is 19.0 Å². The summed E-state index contributed by atoms with van der Waals surface area (Å²) in [5, 5.41) is 5.52. The number of thiazole rings is 1. The lowest BCUT2D eigenvalue weighted by molar-refractivity contribution is 0.0520. The van der Waals surface area contributed by atoms with E-state index in [-0.39, 0.29) is 0 Å². The Hall–Kier alpha value is -1.92. The predicted molar refractivity (Wildman–Crippen MR) is 78.5 cm³/mol. The number of carbonyl (C=O) groups excluding carboxylic acids is 1. The van der Waals surface area contributed by atoms with Crippen LogP contribution in [0.5, 0.6) is 0 Å². The van der Waals surface area contributed by atoms with Crippen LogP contribution in [0.2, 0.25) is 0 Å². The van der Waals surface area contributed by atoms with Gasteiger partial charge in [-0.3, -0.25) is 0 Å². The lowest BCUT2D eigenvalue weighted by Gasteiger charge is -2.08. The van der Waals surface area contributed by atoms with Gasteiger partial charge in [0.25, 0.3) is 0 Å². The van der Waals surface area contributed by atoms with Crippen molar-refractivity contribution in [3.05, 3.63) is 40.9 Å². The van der Waals surface area contributed by atoms with E-state index in [1.165, 1.54) is 11.3 Å². The maximum Gasteiger partial charge on any atom is 0.357 e. The van der Waals surface area contributed by atoms with Gasteiger partial charge in [-0.15, -0.1) is 11.3 Å². The zero-order valence-electron chi connectivity index (χ0n) is 11.4. The van der Waals surface area contributed by atoms with E-state index in [9.17, 15) is 4.79 Å². The molecule has 1 aromatic heterocycles. The summed E-state index contributed by atoms with van der Waals surface area (Å²) in [4.78, 5) is 15.8. The molecule has 0 spiro atoms. The highest BCUT2D eigenvalue weighted by Gasteiger charge is 2.12. The fraction of sp³-hybridized carbons (Fsp3) is 0.286. The van der Waals surface area contributed by atoms with Crippen molar-refractivity contribution < 1.29 is 14.3 Å². The smallest absolute Gasteiger partial charge is 0.357 e. The quantitative estimate of drug-likeness (QED) is 0.828. The molecule has 1 aromatic carbocycles. The molecule has 2 rings (SSSR count). The maximum absolute atomic E-state index is 11.6. The molecule has 0 aliphatic rings. The lowest BCUT2D eigenvalue weighted by Crippen LogP contribution is -2.05. The molecule has 0 saturated heterocycles. The van der Waals surface area contributed by atoms with Gasteiger partial charge in [-0.05, 0) is 13.0 Å². The number of methoxy groups -OCH3 is 1. The number of nitrogens with zero attached hydrogens (tertiary/aromatic N) is 1. The summed E-state index contributed by atoms with van der Waals surface area (Å²) in [5.74, 6) is -0.401. The lowest BCUT2D eigenvalue weighted by atomic mass is 10.2. The van der Waals surface area contributed by atoms with Gasteiger partial charge in [-0.2, -0.15) is 0 Å². The Morgan fingerprint density at radius 1 is 1.40 bits per heavy atom. The maximum atomic E-state index is 11.6. The van der Waals surface area contributed by atoms with E-state index < -0.39 is 5.97 Å². The molecule has 0 aliphatic carbocycles. The molecule has 0 amide bonds. The second kappa shape index (κ2) is 7.02. The number of hydrogen-bond acceptors (Lipinski definition) is 6. The Bertz CT molecular complexity index is 583. The number of esters is 1. The molecule has 0 fully saturated rings. The molecule has 0 aliphatic heterocycles. The van der Waals surface area contributed by atoms with Crippen LogP contribution in [-0.4, -0.2) is 24.7 Å². The summed E-state index contributed by atoms with van der Waals surface area (Å²) in [7, 11) is 1.65. The van der Waals surface area contributed by atoms with Gasteiger partial charge in [0.1, 0.15) is 0 Å². The molecule has 0 radical (unpaired) electrons.